The summed E-state index contributed by atoms with van der Waals surface area (Å²) < 4.78 is 14.2. The Kier molecular flexibility index (Phi) is 4.72. The second-order valence-corrected chi connectivity index (χ2v) is 5.48. The van der Waals surface area contributed by atoms with E-state index in [2.05, 4.69) is 15.9 Å². The van der Waals surface area contributed by atoms with Gasteiger partial charge in [-0.3, -0.25) is 0 Å². The monoisotopic (exact) mass is 322 g/mol. The summed E-state index contributed by atoms with van der Waals surface area (Å²) in [6.07, 6.45) is 0.468. The molecule has 0 spiro atoms. The Morgan fingerprint density at radius 1 is 1.16 bits per heavy atom. The molecule has 0 aliphatic heterocycles. The number of rotatable bonds is 4. The minimum absolute atomic E-state index is 0.350. The van der Waals surface area contributed by atoms with E-state index in [-0.39, 0.29) is 5.82 Å². The number of hydrogen-bond donors (Lipinski definition) is 1. The van der Waals surface area contributed by atoms with Gasteiger partial charge in [0.2, 0.25) is 0 Å². The molecule has 0 heterocycles. The van der Waals surface area contributed by atoms with Gasteiger partial charge in [-0.2, -0.15) is 0 Å². The van der Waals surface area contributed by atoms with Crippen molar-refractivity contribution in [3.63, 3.8) is 0 Å². The first-order valence-electron chi connectivity index (χ1n) is 6.26. The molecule has 0 aliphatic carbocycles. The highest BCUT2D eigenvalue weighted by Gasteiger charge is 2.14. The molecule has 1 atom stereocenters. The van der Waals surface area contributed by atoms with E-state index in [1.165, 1.54) is 11.1 Å². The summed E-state index contributed by atoms with van der Waals surface area (Å²) >= 11 is 3.14. The number of benzene rings is 2. The van der Waals surface area contributed by atoms with Gasteiger partial charge in [0.25, 0.3) is 0 Å². The largest absolute Gasteiger partial charge is 0.388 e. The molecule has 100 valence electrons. The molecule has 1 unspecified atom stereocenters. The summed E-state index contributed by atoms with van der Waals surface area (Å²) in [4.78, 5) is 0. The van der Waals surface area contributed by atoms with Crippen molar-refractivity contribution in [2.75, 3.05) is 0 Å². The Morgan fingerprint density at radius 3 is 2.63 bits per heavy atom. The number of aliphatic hydroxyl groups excluding tert-OH is 1. The standard InChI is InChI=1S/C16H16BrFO/c1-11-5-2-3-6-12(11)9-10-15(19)13-7-4-8-14(17)16(13)18/h2-8,15,19H,9-10H2,1H3. The van der Waals surface area contributed by atoms with E-state index in [4.69, 9.17) is 0 Å². The van der Waals surface area contributed by atoms with E-state index in [0.717, 1.165) is 6.42 Å². The van der Waals surface area contributed by atoms with Gasteiger partial charge < -0.3 is 5.11 Å². The van der Waals surface area contributed by atoms with Gasteiger partial charge >= 0.3 is 0 Å². The third-order valence-electron chi connectivity index (χ3n) is 3.29. The van der Waals surface area contributed by atoms with Crippen molar-refractivity contribution in [2.45, 2.75) is 25.9 Å². The second-order valence-electron chi connectivity index (χ2n) is 4.62. The average molecular weight is 323 g/mol. The van der Waals surface area contributed by atoms with Gasteiger partial charge in [-0.05, 0) is 52.9 Å². The molecule has 0 saturated heterocycles. The normalized spacial score (nSPS) is 12.4. The van der Waals surface area contributed by atoms with Crippen molar-refractivity contribution in [2.24, 2.45) is 0 Å². The van der Waals surface area contributed by atoms with Crippen molar-refractivity contribution in [3.8, 4) is 0 Å². The Bertz CT molecular complexity index is 568. The maximum atomic E-state index is 13.9. The van der Waals surface area contributed by atoms with Crippen LogP contribution in [0.2, 0.25) is 0 Å². The highest BCUT2D eigenvalue weighted by molar-refractivity contribution is 9.10. The summed E-state index contributed by atoms with van der Waals surface area (Å²) in [5.41, 5.74) is 2.74. The average Bonchev–Trinajstić information content (AvgIpc) is 2.40. The first kappa shape index (κ1) is 14.2. The molecule has 0 bridgehead atoms. The topological polar surface area (TPSA) is 20.2 Å². The molecular weight excluding hydrogens is 307 g/mol. The fraction of sp³-hybridized carbons (Fsp3) is 0.250. The van der Waals surface area contributed by atoms with E-state index < -0.39 is 6.10 Å². The van der Waals surface area contributed by atoms with Crippen LogP contribution < -0.4 is 0 Å². The van der Waals surface area contributed by atoms with Crippen molar-refractivity contribution in [3.05, 3.63) is 69.4 Å². The fourth-order valence-corrected chi connectivity index (χ4v) is 2.50. The molecular formula is C16H16BrFO. The molecule has 19 heavy (non-hydrogen) atoms. The van der Waals surface area contributed by atoms with Crippen molar-refractivity contribution < 1.29 is 9.50 Å². The van der Waals surface area contributed by atoms with E-state index in [9.17, 15) is 9.50 Å². The third-order valence-corrected chi connectivity index (χ3v) is 3.90. The van der Waals surface area contributed by atoms with Crippen LogP contribution in [0.5, 0.6) is 0 Å². The van der Waals surface area contributed by atoms with Crippen molar-refractivity contribution >= 4 is 15.9 Å². The molecule has 2 aromatic rings. The Balaban J connectivity index is 2.08. The van der Waals surface area contributed by atoms with Gasteiger partial charge in [-0.15, -0.1) is 0 Å². The van der Waals surface area contributed by atoms with Crippen LogP contribution in [-0.4, -0.2) is 5.11 Å². The van der Waals surface area contributed by atoms with E-state index >= 15 is 0 Å². The van der Waals surface area contributed by atoms with Gasteiger partial charge in [-0.1, -0.05) is 36.4 Å². The summed E-state index contributed by atoms with van der Waals surface area (Å²) in [7, 11) is 0. The van der Waals surface area contributed by atoms with Crippen LogP contribution in [0, 0.1) is 12.7 Å². The fourth-order valence-electron chi connectivity index (χ4n) is 2.12. The lowest BCUT2D eigenvalue weighted by molar-refractivity contribution is 0.163. The maximum Gasteiger partial charge on any atom is 0.143 e. The van der Waals surface area contributed by atoms with Gasteiger partial charge in [0.1, 0.15) is 5.82 Å². The minimum Gasteiger partial charge on any atom is -0.388 e. The smallest absolute Gasteiger partial charge is 0.143 e. The molecule has 1 N–H and O–H groups in total. The van der Waals surface area contributed by atoms with Crippen LogP contribution in [0.3, 0.4) is 0 Å². The van der Waals surface area contributed by atoms with Crippen LogP contribution in [-0.2, 0) is 6.42 Å². The number of halogens is 2. The molecule has 3 heteroatoms. The van der Waals surface area contributed by atoms with Crippen molar-refractivity contribution in [1.29, 1.82) is 0 Å². The highest BCUT2D eigenvalue weighted by atomic mass is 79.9. The maximum absolute atomic E-state index is 13.9. The zero-order valence-electron chi connectivity index (χ0n) is 10.7. The lowest BCUT2D eigenvalue weighted by Gasteiger charge is -2.13. The molecule has 0 fully saturated rings. The van der Waals surface area contributed by atoms with Gasteiger partial charge in [0, 0.05) is 5.56 Å². The summed E-state index contributed by atoms with van der Waals surface area (Å²) in [5.74, 6) is -0.375. The lowest BCUT2D eigenvalue weighted by atomic mass is 9.98. The van der Waals surface area contributed by atoms with Crippen LogP contribution in [0.4, 0.5) is 4.39 Å². The molecule has 2 rings (SSSR count). The summed E-state index contributed by atoms with van der Waals surface area (Å²) in [5, 5.41) is 10.1. The first-order valence-corrected chi connectivity index (χ1v) is 7.05. The Morgan fingerprint density at radius 2 is 1.89 bits per heavy atom. The van der Waals surface area contributed by atoms with Gasteiger partial charge in [0.05, 0.1) is 10.6 Å². The van der Waals surface area contributed by atoms with E-state index in [0.29, 0.717) is 16.5 Å². The Labute approximate surface area is 121 Å². The zero-order valence-corrected chi connectivity index (χ0v) is 12.3. The van der Waals surface area contributed by atoms with Crippen molar-refractivity contribution in [1.82, 2.24) is 0 Å². The minimum atomic E-state index is -0.780. The van der Waals surface area contributed by atoms with Crippen LogP contribution >= 0.6 is 15.9 Å². The molecule has 0 amide bonds. The molecule has 0 saturated carbocycles. The lowest BCUT2D eigenvalue weighted by Crippen LogP contribution is -2.03. The number of hydrogen-bond acceptors (Lipinski definition) is 1. The van der Waals surface area contributed by atoms with Crippen LogP contribution in [0.25, 0.3) is 0 Å². The first-order chi connectivity index (χ1) is 9.09. The molecule has 0 aliphatic rings. The van der Waals surface area contributed by atoms with Gasteiger partial charge in [0.15, 0.2) is 0 Å². The SMILES string of the molecule is Cc1ccccc1CCC(O)c1cccc(Br)c1F. The predicted octanol–water partition coefficient (Wildman–Crippen LogP) is 4.56. The zero-order chi connectivity index (χ0) is 13.8. The number of aryl methyl sites for hydroxylation is 2. The number of aliphatic hydroxyl groups is 1. The van der Waals surface area contributed by atoms with E-state index in [1.54, 1.807) is 18.2 Å². The third kappa shape index (κ3) is 3.43. The van der Waals surface area contributed by atoms with Crippen LogP contribution in [0.1, 0.15) is 29.2 Å². The second kappa shape index (κ2) is 6.31. The predicted molar refractivity (Wildman–Crippen MR) is 78.6 cm³/mol. The van der Waals surface area contributed by atoms with E-state index in [1.807, 2.05) is 31.2 Å². The Hall–Kier alpha value is -1.19. The molecule has 1 nitrogen and oxygen atoms in total. The summed E-state index contributed by atoms with van der Waals surface area (Å²) in [6, 6.07) is 13.0. The molecule has 0 radical (unpaired) electrons. The summed E-state index contributed by atoms with van der Waals surface area (Å²) in [6.45, 7) is 2.04. The quantitative estimate of drug-likeness (QED) is 0.874. The molecule has 2 aromatic carbocycles. The molecule has 0 aromatic heterocycles. The van der Waals surface area contributed by atoms with Gasteiger partial charge in [-0.25, -0.2) is 4.39 Å². The van der Waals surface area contributed by atoms with Crippen LogP contribution in [0.15, 0.2) is 46.9 Å². The highest BCUT2D eigenvalue weighted by Crippen LogP contribution is 2.26.